The molecule has 0 spiro atoms. The average Bonchev–Trinajstić information content (AvgIpc) is 3.15. The highest BCUT2D eigenvalue weighted by molar-refractivity contribution is 7.99. The van der Waals surface area contributed by atoms with E-state index in [0.717, 1.165) is 0 Å². The molecule has 0 fully saturated rings. The first-order chi connectivity index (χ1) is 14.0. The van der Waals surface area contributed by atoms with Gasteiger partial charge >= 0.3 is 5.97 Å². The number of aromatic nitrogens is 3. The van der Waals surface area contributed by atoms with Crippen molar-refractivity contribution in [3.8, 4) is 5.69 Å². The van der Waals surface area contributed by atoms with Gasteiger partial charge in [0.1, 0.15) is 6.33 Å². The summed E-state index contributed by atoms with van der Waals surface area (Å²) in [4.78, 5) is 28.1. The predicted octanol–water partition coefficient (Wildman–Crippen LogP) is 4.48. The zero-order chi connectivity index (χ0) is 20.8. The maximum atomic E-state index is 12.3. The summed E-state index contributed by atoms with van der Waals surface area (Å²) in [5.41, 5.74) is 1.61. The lowest BCUT2D eigenvalue weighted by atomic mass is 10.2. The molecular weight excluding hydrogens is 435 g/mol. The van der Waals surface area contributed by atoms with E-state index in [1.54, 1.807) is 54.1 Å². The molecule has 0 aliphatic rings. The lowest BCUT2D eigenvalue weighted by Crippen LogP contribution is -2.15. The molecule has 0 aliphatic heterocycles. The fourth-order valence-electron chi connectivity index (χ4n) is 2.38. The first kappa shape index (κ1) is 21.2. The smallest absolute Gasteiger partial charge is 0.338 e. The molecule has 0 saturated heterocycles. The SMILES string of the molecule is CCOC(=O)c1ccc(NC(=O)CSc2ncnn2-c2ccc(Cl)cc2Cl)cc1. The van der Waals surface area contributed by atoms with Crippen molar-refractivity contribution in [2.45, 2.75) is 12.1 Å². The first-order valence-electron chi connectivity index (χ1n) is 8.53. The number of hydrogen-bond donors (Lipinski definition) is 1. The summed E-state index contributed by atoms with van der Waals surface area (Å²) in [5.74, 6) is -0.513. The molecule has 0 radical (unpaired) electrons. The number of carbonyl (C=O) groups excluding carboxylic acids is 2. The van der Waals surface area contributed by atoms with Crippen LogP contribution in [0.3, 0.4) is 0 Å². The summed E-state index contributed by atoms with van der Waals surface area (Å²) in [5, 5.41) is 8.39. The van der Waals surface area contributed by atoms with E-state index >= 15 is 0 Å². The minimum absolute atomic E-state index is 0.115. The van der Waals surface area contributed by atoms with E-state index < -0.39 is 5.97 Å². The topological polar surface area (TPSA) is 86.1 Å². The number of amides is 1. The van der Waals surface area contributed by atoms with Crippen LogP contribution in [0.1, 0.15) is 17.3 Å². The van der Waals surface area contributed by atoms with Crippen LogP contribution >= 0.6 is 35.0 Å². The van der Waals surface area contributed by atoms with Gasteiger partial charge in [-0.3, -0.25) is 4.79 Å². The number of hydrogen-bond acceptors (Lipinski definition) is 6. The van der Waals surface area contributed by atoms with Gasteiger partial charge in [-0.25, -0.2) is 14.5 Å². The summed E-state index contributed by atoms with van der Waals surface area (Å²) in [6.45, 7) is 2.05. The van der Waals surface area contributed by atoms with Crippen molar-refractivity contribution in [1.29, 1.82) is 0 Å². The molecule has 2 aromatic carbocycles. The molecule has 1 amide bonds. The standard InChI is InChI=1S/C19H16Cl2N4O3S/c1-2-28-18(27)12-3-6-14(7-4-12)24-17(26)10-29-19-22-11-23-25(19)16-8-5-13(20)9-15(16)21/h3-9,11H,2,10H2,1H3,(H,24,26). The second-order valence-corrected chi connectivity index (χ2v) is 7.47. The van der Waals surface area contributed by atoms with E-state index in [1.807, 2.05) is 0 Å². The molecule has 0 saturated carbocycles. The zero-order valence-corrected chi connectivity index (χ0v) is 17.6. The molecule has 0 atom stereocenters. The quantitative estimate of drug-likeness (QED) is 0.421. The number of nitrogens with one attached hydrogen (secondary N) is 1. The van der Waals surface area contributed by atoms with Gasteiger partial charge in [0.2, 0.25) is 5.91 Å². The molecule has 0 aliphatic carbocycles. The monoisotopic (exact) mass is 450 g/mol. The molecule has 7 nitrogen and oxygen atoms in total. The molecule has 29 heavy (non-hydrogen) atoms. The van der Waals surface area contributed by atoms with Crippen LogP contribution in [0.25, 0.3) is 5.69 Å². The number of anilines is 1. The Morgan fingerprint density at radius 1 is 1.17 bits per heavy atom. The van der Waals surface area contributed by atoms with Crippen molar-refractivity contribution in [2.75, 3.05) is 17.7 Å². The van der Waals surface area contributed by atoms with Crippen LogP contribution in [0.4, 0.5) is 5.69 Å². The van der Waals surface area contributed by atoms with E-state index in [4.69, 9.17) is 27.9 Å². The molecule has 0 unspecified atom stereocenters. The summed E-state index contributed by atoms with van der Waals surface area (Å²) >= 11 is 13.4. The number of benzene rings is 2. The number of carbonyl (C=O) groups is 2. The van der Waals surface area contributed by atoms with E-state index in [9.17, 15) is 9.59 Å². The molecular formula is C19H16Cl2N4O3S. The molecule has 10 heteroatoms. The van der Waals surface area contributed by atoms with Crippen molar-refractivity contribution >= 4 is 52.5 Å². The number of esters is 1. The van der Waals surface area contributed by atoms with Gasteiger partial charge in [0.15, 0.2) is 5.16 Å². The van der Waals surface area contributed by atoms with Gasteiger partial charge in [0, 0.05) is 10.7 Å². The highest BCUT2D eigenvalue weighted by Crippen LogP contribution is 2.27. The average molecular weight is 451 g/mol. The van der Waals surface area contributed by atoms with Gasteiger partial charge in [0.05, 0.1) is 28.6 Å². The van der Waals surface area contributed by atoms with Crippen LogP contribution < -0.4 is 5.32 Å². The molecule has 3 rings (SSSR count). The van der Waals surface area contributed by atoms with Crippen molar-refractivity contribution in [1.82, 2.24) is 14.8 Å². The zero-order valence-electron chi connectivity index (χ0n) is 15.3. The molecule has 1 N–H and O–H groups in total. The Bertz CT molecular complexity index is 1020. The normalized spacial score (nSPS) is 10.6. The maximum absolute atomic E-state index is 12.3. The van der Waals surface area contributed by atoms with Crippen LogP contribution in [0.2, 0.25) is 10.0 Å². The van der Waals surface area contributed by atoms with Crippen molar-refractivity contribution in [2.24, 2.45) is 0 Å². The highest BCUT2D eigenvalue weighted by Gasteiger charge is 2.13. The number of halogens is 2. The summed E-state index contributed by atoms with van der Waals surface area (Å²) < 4.78 is 6.48. The minimum atomic E-state index is -0.402. The number of ether oxygens (including phenoxy) is 1. The molecule has 3 aromatic rings. The summed E-state index contributed by atoms with van der Waals surface area (Å²) in [6.07, 6.45) is 1.39. The van der Waals surface area contributed by atoms with Crippen molar-refractivity contribution < 1.29 is 14.3 Å². The van der Waals surface area contributed by atoms with E-state index in [1.165, 1.54) is 18.1 Å². The molecule has 1 aromatic heterocycles. The van der Waals surface area contributed by atoms with Crippen LogP contribution in [-0.4, -0.2) is 39.0 Å². The molecule has 0 bridgehead atoms. The maximum Gasteiger partial charge on any atom is 0.338 e. The van der Waals surface area contributed by atoms with Crippen LogP contribution in [0, 0.1) is 0 Å². The van der Waals surface area contributed by atoms with Gasteiger partial charge in [-0.2, -0.15) is 5.10 Å². The molecule has 1 heterocycles. The van der Waals surface area contributed by atoms with Gasteiger partial charge in [0.25, 0.3) is 0 Å². The largest absolute Gasteiger partial charge is 0.462 e. The lowest BCUT2D eigenvalue weighted by molar-refractivity contribution is -0.113. The first-order valence-corrected chi connectivity index (χ1v) is 10.3. The van der Waals surface area contributed by atoms with Crippen LogP contribution in [0.15, 0.2) is 53.9 Å². The lowest BCUT2D eigenvalue weighted by Gasteiger charge is -2.09. The van der Waals surface area contributed by atoms with E-state index in [0.29, 0.717) is 38.7 Å². The van der Waals surface area contributed by atoms with Gasteiger partial charge < -0.3 is 10.1 Å². The Morgan fingerprint density at radius 3 is 2.62 bits per heavy atom. The van der Waals surface area contributed by atoms with E-state index in [2.05, 4.69) is 15.4 Å². The number of nitrogens with zero attached hydrogens (tertiary/aromatic N) is 3. The fourth-order valence-corrected chi connectivity index (χ4v) is 3.59. The third kappa shape index (κ3) is 5.50. The Morgan fingerprint density at radius 2 is 1.93 bits per heavy atom. The van der Waals surface area contributed by atoms with Crippen molar-refractivity contribution in [3.05, 3.63) is 64.4 Å². The highest BCUT2D eigenvalue weighted by atomic mass is 35.5. The number of rotatable bonds is 7. The Balaban J connectivity index is 1.61. The summed E-state index contributed by atoms with van der Waals surface area (Å²) in [6, 6.07) is 11.5. The van der Waals surface area contributed by atoms with Gasteiger partial charge in [-0.05, 0) is 49.4 Å². The second-order valence-electron chi connectivity index (χ2n) is 5.68. The van der Waals surface area contributed by atoms with Gasteiger partial charge in [-0.15, -0.1) is 0 Å². The minimum Gasteiger partial charge on any atom is -0.462 e. The Hall–Kier alpha value is -2.55. The second kappa shape index (κ2) is 9.78. The van der Waals surface area contributed by atoms with Crippen LogP contribution in [0.5, 0.6) is 0 Å². The number of thioether (sulfide) groups is 1. The Kier molecular flexibility index (Phi) is 7.13. The third-order valence-electron chi connectivity index (χ3n) is 3.67. The fraction of sp³-hybridized carbons (Fsp3) is 0.158. The van der Waals surface area contributed by atoms with E-state index in [-0.39, 0.29) is 11.7 Å². The van der Waals surface area contributed by atoms with Crippen LogP contribution in [-0.2, 0) is 9.53 Å². The van der Waals surface area contributed by atoms with Crippen molar-refractivity contribution in [3.63, 3.8) is 0 Å². The van der Waals surface area contributed by atoms with Gasteiger partial charge in [-0.1, -0.05) is 35.0 Å². The Labute approximate surface area is 181 Å². The predicted molar refractivity (Wildman–Crippen MR) is 113 cm³/mol. The molecule has 150 valence electrons. The summed E-state index contributed by atoms with van der Waals surface area (Å²) in [7, 11) is 0. The third-order valence-corrected chi connectivity index (χ3v) is 5.15.